The number of carbonyl (C=O) groups is 1. The Hall–Kier alpha value is -3.57. The van der Waals surface area contributed by atoms with E-state index in [1.54, 1.807) is 6.26 Å². The van der Waals surface area contributed by atoms with Gasteiger partial charge in [-0.3, -0.25) is 0 Å². The van der Waals surface area contributed by atoms with Crippen molar-refractivity contribution in [3.05, 3.63) is 95.7 Å². The molecule has 1 aliphatic carbocycles. The molecule has 0 saturated carbocycles. The van der Waals surface area contributed by atoms with Crippen LogP contribution in [0.3, 0.4) is 0 Å². The zero-order chi connectivity index (χ0) is 24.3. The number of nitrogens with zero attached hydrogens (tertiary/aromatic N) is 1. The number of hydrogen-bond donors (Lipinski definition) is 1. The van der Waals surface area contributed by atoms with Crippen LogP contribution in [0.15, 0.2) is 83.5 Å². The van der Waals surface area contributed by atoms with E-state index in [4.69, 9.17) is 9.15 Å². The highest BCUT2D eigenvalue weighted by Gasteiger charge is 2.49. The van der Waals surface area contributed by atoms with E-state index < -0.39 is 5.60 Å². The molecule has 7 rings (SSSR count). The summed E-state index contributed by atoms with van der Waals surface area (Å²) in [6.07, 6.45) is 5.31. The summed E-state index contributed by atoms with van der Waals surface area (Å²) in [6.45, 7) is 0.324. The fourth-order valence-electron chi connectivity index (χ4n) is 6.89. The molecule has 1 N–H and O–H groups in total. The van der Waals surface area contributed by atoms with Crippen LogP contribution in [0.1, 0.15) is 54.7 Å². The molecule has 2 aliphatic heterocycles. The van der Waals surface area contributed by atoms with Crippen molar-refractivity contribution in [1.29, 1.82) is 0 Å². The van der Waals surface area contributed by atoms with Crippen LogP contribution in [0.2, 0.25) is 0 Å². The van der Waals surface area contributed by atoms with Gasteiger partial charge in [0.2, 0.25) is 0 Å². The number of aliphatic hydroxyl groups is 1. The Labute approximate surface area is 210 Å². The van der Waals surface area contributed by atoms with Crippen LogP contribution in [0.5, 0.6) is 0 Å². The van der Waals surface area contributed by atoms with E-state index in [2.05, 4.69) is 48.5 Å². The average molecular weight is 480 g/mol. The molecule has 0 radical (unpaired) electrons. The van der Waals surface area contributed by atoms with Gasteiger partial charge in [0.1, 0.15) is 12.2 Å². The number of rotatable bonds is 3. The average Bonchev–Trinajstić information content (AvgIpc) is 3.49. The topological polar surface area (TPSA) is 62.9 Å². The molecule has 5 nitrogen and oxygen atoms in total. The summed E-state index contributed by atoms with van der Waals surface area (Å²) in [5, 5.41) is 12.7. The maximum atomic E-state index is 13.5. The molecular formula is C31H29NO4. The summed E-state index contributed by atoms with van der Waals surface area (Å²) < 4.78 is 11.5. The predicted molar refractivity (Wildman–Crippen MR) is 138 cm³/mol. The van der Waals surface area contributed by atoms with Gasteiger partial charge in [-0.2, -0.15) is 0 Å². The standard InChI is InChI=1S/C31H29NO4/c33-30(36-19-28-26-10-3-1-8-24(26)25-9-2-4-11-27(25)28)32-22-6-5-7-23(32)18-31(34,17-22)21-12-13-29-20(16-21)14-15-35-29/h1-4,8-16,22-23,28,34H,5-7,17-19H2. The number of fused-ring (bicyclic) bond motifs is 6. The molecule has 2 fully saturated rings. The van der Waals surface area contributed by atoms with Crippen molar-refractivity contribution in [3.63, 3.8) is 0 Å². The quantitative estimate of drug-likeness (QED) is 0.360. The molecular weight excluding hydrogens is 450 g/mol. The molecule has 36 heavy (non-hydrogen) atoms. The normalized spacial score (nSPS) is 25.0. The third kappa shape index (κ3) is 3.37. The zero-order valence-corrected chi connectivity index (χ0v) is 20.1. The van der Waals surface area contributed by atoms with Gasteiger partial charge in [-0.15, -0.1) is 0 Å². The maximum absolute atomic E-state index is 13.5. The Bertz CT molecular complexity index is 1400. The van der Waals surface area contributed by atoms with Crippen molar-refractivity contribution in [3.8, 4) is 11.1 Å². The summed E-state index contributed by atoms with van der Waals surface area (Å²) in [7, 11) is 0. The van der Waals surface area contributed by atoms with E-state index >= 15 is 0 Å². The van der Waals surface area contributed by atoms with Crippen molar-refractivity contribution in [1.82, 2.24) is 4.90 Å². The lowest BCUT2D eigenvalue weighted by atomic mass is 9.72. The van der Waals surface area contributed by atoms with Crippen LogP contribution < -0.4 is 0 Å². The molecule has 182 valence electrons. The summed E-state index contributed by atoms with van der Waals surface area (Å²) in [5.74, 6) is 0.0459. The third-order valence-electron chi connectivity index (χ3n) is 8.54. The lowest BCUT2D eigenvalue weighted by Crippen LogP contribution is -2.59. The summed E-state index contributed by atoms with van der Waals surface area (Å²) in [4.78, 5) is 15.4. The zero-order valence-electron chi connectivity index (χ0n) is 20.1. The molecule has 2 atom stereocenters. The number of piperidine rings is 2. The molecule has 2 bridgehead atoms. The Morgan fingerprint density at radius 1 is 0.944 bits per heavy atom. The van der Waals surface area contributed by atoms with Crippen LogP contribution in [0.25, 0.3) is 22.1 Å². The molecule has 5 heteroatoms. The van der Waals surface area contributed by atoms with Crippen LogP contribution >= 0.6 is 0 Å². The van der Waals surface area contributed by atoms with Crippen LogP contribution in [-0.4, -0.2) is 34.8 Å². The number of furan rings is 1. The molecule has 1 aromatic heterocycles. The van der Waals surface area contributed by atoms with Gasteiger partial charge in [-0.1, -0.05) is 54.6 Å². The predicted octanol–water partition coefficient (Wildman–Crippen LogP) is 6.59. The van der Waals surface area contributed by atoms with Crippen molar-refractivity contribution in [2.75, 3.05) is 6.61 Å². The van der Waals surface area contributed by atoms with Gasteiger partial charge in [0.15, 0.2) is 0 Å². The van der Waals surface area contributed by atoms with E-state index in [1.807, 2.05) is 29.2 Å². The molecule has 0 spiro atoms. The van der Waals surface area contributed by atoms with Crippen LogP contribution in [0, 0.1) is 0 Å². The highest BCUT2D eigenvalue weighted by Crippen LogP contribution is 2.47. The smallest absolute Gasteiger partial charge is 0.410 e. The van der Waals surface area contributed by atoms with Gasteiger partial charge in [-0.25, -0.2) is 4.79 Å². The van der Waals surface area contributed by atoms with Gasteiger partial charge >= 0.3 is 6.09 Å². The number of amides is 1. The first-order valence-corrected chi connectivity index (χ1v) is 12.9. The Morgan fingerprint density at radius 3 is 2.31 bits per heavy atom. The second-order valence-corrected chi connectivity index (χ2v) is 10.6. The molecule has 2 saturated heterocycles. The number of hydrogen-bond acceptors (Lipinski definition) is 4. The van der Waals surface area contributed by atoms with E-state index in [1.165, 1.54) is 22.3 Å². The Balaban J connectivity index is 1.11. The minimum absolute atomic E-state index is 0.0294. The second kappa shape index (κ2) is 8.24. The summed E-state index contributed by atoms with van der Waals surface area (Å²) in [5.41, 5.74) is 5.65. The minimum atomic E-state index is -0.957. The Morgan fingerprint density at radius 2 is 1.61 bits per heavy atom. The monoisotopic (exact) mass is 479 g/mol. The fourth-order valence-corrected chi connectivity index (χ4v) is 6.89. The second-order valence-electron chi connectivity index (χ2n) is 10.6. The van der Waals surface area contributed by atoms with Crippen molar-refractivity contribution >= 4 is 17.1 Å². The van der Waals surface area contributed by atoms with Crippen molar-refractivity contribution < 1.29 is 19.1 Å². The molecule has 3 aliphatic rings. The van der Waals surface area contributed by atoms with Gasteiger partial charge in [0.05, 0.1) is 11.9 Å². The van der Waals surface area contributed by atoms with E-state index in [9.17, 15) is 9.90 Å². The molecule has 3 aromatic carbocycles. The maximum Gasteiger partial charge on any atom is 0.410 e. The molecule has 2 unspecified atom stereocenters. The Kier molecular flexibility index (Phi) is 4.97. The minimum Gasteiger partial charge on any atom is -0.464 e. The molecule has 4 aromatic rings. The number of carbonyl (C=O) groups excluding carboxylic acids is 1. The lowest BCUT2D eigenvalue weighted by Gasteiger charge is -2.51. The first-order chi connectivity index (χ1) is 17.6. The first kappa shape index (κ1) is 21.7. The van der Waals surface area contributed by atoms with Crippen LogP contribution in [0.4, 0.5) is 4.79 Å². The van der Waals surface area contributed by atoms with Gasteiger partial charge < -0.3 is 19.2 Å². The molecule has 1 amide bonds. The van der Waals surface area contributed by atoms with E-state index in [-0.39, 0.29) is 24.1 Å². The number of benzene rings is 3. The SMILES string of the molecule is O=C(OCC1c2ccccc2-c2ccccc21)N1C2CCCC1CC(O)(c1ccc3occc3c1)C2. The fraction of sp³-hybridized carbons (Fsp3) is 0.323. The van der Waals surface area contributed by atoms with Gasteiger partial charge in [0, 0.05) is 36.2 Å². The van der Waals surface area contributed by atoms with E-state index in [0.29, 0.717) is 19.4 Å². The highest BCUT2D eigenvalue weighted by molar-refractivity contribution is 5.79. The van der Waals surface area contributed by atoms with E-state index in [0.717, 1.165) is 35.8 Å². The highest BCUT2D eigenvalue weighted by atomic mass is 16.6. The van der Waals surface area contributed by atoms with Crippen LogP contribution in [-0.2, 0) is 10.3 Å². The van der Waals surface area contributed by atoms with Gasteiger partial charge in [0.25, 0.3) is 0 Å². The van der Waals surface area contributed by atoms with Crippen molar-refractivity contribution in [2.45, 2.75) is 55.7 Å². The largest absolute Gasteiger partial charge is 0.464 e. The number of ether oxygens (including phenoxy) is 1. The summed E-state index contributed by atoms with van der Waals surface area (Å²) >= 11 is 0. The molecule has 3 heterocycles. The third-order valence-corrected chi connectivity index (χ3v) is 8.54. The lowest BCUT2D eigenvalue weighted by molar-refractivity contribution is -0.0890. The van der Waals surface area contributed by atoms with Gasteiger partial charge in [-0.05, 0) is 65.3 Å². The summed E-state index contributed by atoms with van der Waals surface area (Å²) in [6, 6.07) is 24.6. The van der Waals surface area contributed by atoms with Crippen molar-refractivity contribution in [2.24, 2.45) is 0 Å². The first-order valence-electron chi connectivity index (χ1n) is 12.9.